The molecule has 0 unspecified atom stereocenters. The van der Waals surface area contributed by atoms with Crippen molar-refractivity contribution < 1.29 is 9.53 Å². The van der Waals surface area contributed by atoms with Crippen molar-refractivity contribution in [2.75, 3.05) is 5.34 Å². The predicted octanol–water partition coefficient (Wildman–Crippen LogP) is 2.57. The number of amides is 1. The van der Waals surface area contributed by atoms with E-state index in [0.29, 0.717) is 5.75 Å². The molecule has 0 bridgehead atoms. The van der Waals surface area contributed by atoms with Gasteiger partial charge in [-0.25, -0.2) is 4.79 Å². The van der Waals surface area contributed by atoms with Crippen LogP contribution in [0.5, 0.6) is 5.75 Å². The molecule has 1 amide bonds. The molecule has 0 aliphatic rings. The zero-order valence-electron chi connectivity index (χ0n) is 6.74. The molecule has 1 aromatic carbocycles. The molecule has 0 saturated carbocycles. The Hall–Kier alpha value is -0.930. The summed E-state index contributed by atoms with van der Waals surface area (Å²) in [5.41, 5.74) is 4.76. The van der Waals surface area contributed by atoms with Crippen LogP contribution in [0, 0.1) is 0 Å². The lowest BCUT2D eigenvalue weighted by atomic mass is 10.3. The van der Waals surface area contributed by atoms with Crippen LogP contribution in [0.15, 0.2) is 30.3 Å². The van der Waals surface area contributed by atoms with E-state index in [1.165, 1.54) is 0 Å². The molecule has 0 atom stereocenters. The quantitative estimate of drug-likeness (QED) is 0.742. The number of carbonyl (C=O) groups excluding carboxylic acids is 1. The van der Waals surface area contributed by atoms with E-state index in [1.54, 1.807) is 24.3 Å². The van der Waals surface area contributed by atoms with Gasteiger partial charge in [0.15, 0.2) is 0 Å². The van der Waals surface area contributed by atoms with Crippen molar-refractivity contribution in [2.45, 2.75) is 0 Å². The van der Waals surface area contributed by atoms with E-state index < -0.39 is 6.09 Å². The molecule has 5 heteroatoms. The number of para-hydroxylation sites is 1. The number of primary amides is 1. The Morgan fingerprint density at radius 2 is 1.77 bits per heavy atom. The van der Waals surface area contributed by atoms with Crippen LogP contribution in [0.4, 0.5) is 4.79 Å². The Bertz CT molecular complexity index is 241. The number of carbonyl (C=O) groups is 1. The normalized spacial score (nSPS) is 8.15. The van der Waals surface area contributed by atoms with E-state index >= 15 is 0 Å². The maximum Gasteiger partial charge on any atom is 0.409 e. The molecule has 1 aromatic rings. The summed E-state index contributed by atoms with van der Waals surface area (Å²) >= 11 is 9.53. The standard InChI is InChI=1S/C7H7NO2.CH2Cl2/c8-7(9)10-6-4-2-1-3-5-6;2-1-3/h1-5H,(H2,8,9);1H2. The molecule has 1 rings (SSSR count). The van der Waals surface area contributed by atoms with E-state index in [2.05, 4.69) is 4.74 Å². The van der Waals surface area contributed by atoms with E-state index in [4.69, 9.17) is 28.9 Å². The molecular formula is C8H9Cl2NO2. The molecule has 0 aliphatic heterocycles. The van der Waals surface area contributed by atoms with Gasteiger partial charge in [-0.05, 0) is 12.1 Å². The third kappa shape index (κ3) is 7.43. The number of hydrogen-bond acceptors (Lipinski definition) is 2. The molecule has 0 radical (unpaired) electrons. The van der Waals surface area contributed by atoms with Gasteiger partial charge in [0.25, 0.3) is 0 Å². The average Bonchev–Trinajstić information content (AvgIpc) is 2.06. The van der Waals surface area contributed by atoms with E-state index in [1.807, 2.05) is 6.07 Å². The highest BCUT2D eigenvalue weighted by atomic mass is 35.5. The zero-order valence-corrected chi connectivity index (χ0v) is 8.26. The maximum atomic E-state index is 10.2. The van der Waals surface area contributed by atoms with Gasteiger partial charge in [0.05, 0.1) is 5.34 Å². The molecule has 13 heavy (non-hydrogen) atoms. The summed E-state index contributed by atoms with van der Waals surface area (Å²) in [5.74, 6) is 0.468. The SMILES string of the molecule is ClCCl.NC(=O)Oc1ccccc1. The predicted molar refractivity (Wildman–Crippen MR) is 53.2 cm³/mol. The van der Waals surface area contributed by atoms with Gasteiger partial charge in [-0.3, -0.25) is 0 Å². The van der Waals surface area contributed by atoms with Gasteiger partial charge >= 0.3 is 6.09 Å². The fourth-order valence-corrected chi connectivity index (χ4v) is 0.605. The highest BCUT2D eigenvalue weighted by molar-refractivity contribution is 6.40. The lowest BCUT2D eigenvalue weighted by Crippen LogP contribution is -2.15. The first-order valence-corrected chi connectivity index (χ1v) is 4.42. The van der Waals surface area contributed by atoms with Gasteiger partial charge < -0.3 is 10.5 Å². The molecule has 72 valence electrons. The highest BCUT2D eigenvalue weighted by Gasteiger charge is 1.93. The number of alkyl halides is 2. The molecule has 0 aromatic heterocycles. The molecule has 3 nitrogen and oxygen atoms in total. The van der Waals surface area contributed by atoms with E-state index in [-0.39, 0.29) is 5.34 Å². The van der Waals surface area contributed by atoms with Crippen LogP contribution in [-0.4, -0.2) is 11.4 Å². The number of benzene rings is 1. The van der Waals surface area contributed by atoms with Gasteiger partial charge in [0, 0.05) is 0 Å². The Kier molecular flexibility index (Phi) is 7.15. The number of halogens is 2. The summed E-state index contributed by atoms with van der Waals surface area (Å²) in [7, 11) is 0. The van der Waals surface area contributed by atoms with Crippen molar-refractivity contribution in [3.63, 3.8) is 0 Å². The van der Waals surface area contributed by atoms with Crippen LogP contribution in [-0.2, 0) is 0 Å². The Morgan fingerprint density at radius 3 is 2.15 bits per heavy atom. The van der Waals surface area contributed by atoms with Crippen molar-refractivity contribution >= 4 is 29.3 Å². The first kappa shape index (κ1) is 12.1. The van der Waals surface area contributed by atoms with E-state index in [0.717, 1.165) is 0 Å². The minimum atomic E-state index is -0.786. The van der Waals surface area contributed by atoms with Crippen molar-refractivity contribution in [3.8, 4) is 5.75 Å². The second-order valence-corrected chi connectivity index (χ2v) is 2.64. The number of nitrogens with two attached hydrogens (primary N) is 1. The topological polar surface area (TPSA) is 52.3 Å². The second kappa shape index (κ2) is 7.71. The number of ether oxygens (including phenoxy) is 1. The third-order valence-electron chi connectivity index (χ3n) is 0.962. The first-order chi connectivity index (χ1) is 6.20. The lowest BCUT2D eigenvalue weighted by molar-refractivity contribution is 0.211. The third-order valence-corrected chi connectivity index (χ3v) is 0.962. The second-order valence-electron chi connectivity index (χ2n) is 1.84. The largest absolute Gasteiger partial charge is 0.411 e. The van der Waals surface area contributed by atoms with Crippen LogP contribution in [0.25, 0.3) is 0 Å². The Labute approximate surface area is 86.4 Å². The maximum absolute atomic E-state index is 10.2. The van der Waals surface area contributed by atoms with Gasteiger partial charge in [-0.2, -0.15) is 0 Å². The summed E-state index contributed by atoms with van der Waals surface area (Å²) < 4.78 is 4.55. The van der Waals surface area contributed by atoms with Crippen LogP contribution < -0.4 is 10.5 Å². The number of rotatable bonds is 1. The highest BCUT2D eigenvalue weighted by Crippen LogP contribution is 2.07. The van der Waals surface area contributed by atoms with Gasteiger partial charge in [0.1, 0.15) is 5.75 Å². The molecule has 0 saturated heterocycles. The van der Waals surface area contributed by atoms with Gasteiger partial charge in [-0.15, -0.1) is 23.2 Å². The first-order valence-electron chi connectivity index (χ1n) is 3.35. The minimum absolute atomic E-state index is 0.194. The zero-order chi connectivity index (χ0) is 10.1. The number of hydrogen-bond donors (Lipinski definition) is 1. The summed E-state index contributed by atoms with van der Waals surface area (Å²) in [6.45, 7) is 0. The smallest absolute Gasteiger partial charge is 0.409 e. The van der Waals surface area contributed by atoms with Crippen LogP contribution in [0.2, 0.25) is 0 Å². The summed E-state index contributed by atoms with van der Waals surface area (Å²) in [5, 5.41) is 0.194. The van der Waals surface area contributed by atoms with Crippen LogP contribution in [0.1, 0.15) is 0 Å². The van der Waals surface area contributed by atoms with Crippen molar-refractivity contribution in [2.24, 2.45) is 5.73 Å². The average molecular weight is 222 g/mol. The molecule has 0 heterocycles. The van der Waals surface area contributed by atoms with Crippen LogP contribution >= 0.6 is 23.2 Å². The van der Waals surface area contributed by atoms with Crippen molar-refractivity contribution in [3.05, 3.63) is 30.3 Å². The monoisotopic (exact) mass is 221 g/mol. The van der Waals surface area contributed by atoms with Crippen LogP contribution in [0.3, 0.4) is 0 Å². The van der Waals surface area contributed by atoms with Crippen molar-refractivity contribution in [1.29, 1.82) is 0 Å². The fraction of sp³-hybridized carbons (Fsp3) is 0.125. The van der Waals surface area contributed by atoms with Gasteiger partial charge in [0.2, 0.25) is 0 Å². The summed E-state index contributed by atoms with van der Waals surface area (Å²) in [6, 6.07) is 8.67. The van der Waals surface area contributed by atoms with E-state index in [9.17, 15) is 4.79 Å². The Balaban J connectivity index is 0.000000424. The Morgan fingerprint density at radius 1 is 1.31 bits per heavy atom. The minimum Gasteiger partial charge on any atom is -0.411 e. The molecular weight excluding hydrogens is 213 g/mol. The molecule has 0 spiro atoms. The summed E-state index contributed by atoms with van der Waals surface area (Å²) in [6.07, 6.45) is -0.786. The summed E-state index contributed by atoms with van der Waals surface area (Å²) in [4.78, 5) is 10.2. The fourth-order valence-electron chi connectivity index (χ4n) is 0.605. The molecule has 2 N–H and O–H groups in total. The van der Waals surface area contributed by atoms with Gasteiger partial charge in [-0.1, -0.05) is 18.2 Å². The lowest BCUT2D eigenvalue weighted by Gasteiger charge is -1.96. The van der Waals surface area contributed by atoms with Crippen molar-refractivity contribution in [1.82, 2.24) is 0 Å². The molecule has 0 fully saturated rings. The molecule has 0 aliphatic carbocycles.